The number of nitrogens with one attached hydrogen (secondary N) is 1. The van der Waals surface area contributed by atoms with Gasteiger partial charge in [-0.05, 0) is 51.1 Å². The summed E-state index contributed by atoms with van der Waals surface area (Å²) in [4.78, 5) is 13.8. The molecule has 0 radical (unpaired) electrons. The molecule has 1 unspecified atom stereocenters. The van der Waals surface area contributed by atoms with Crippen molar-refractivity contribution in [2.24, 2.45) is 5.92 Å². The van der Waals surface area contributed by atoms with Crippen LogP contribution in [0, 0.1) is 5.92 Å². The summed E-state index contributed by atoms with van der Waals surface area (Å²) in [6.07, 6.45) is 5.58. The summed E-state index contributed by atoms with van der Waals surface area (Å²) >= 11 is 0. The van der Waals surface area contributed by atoms with Crippen LogP contribution >= 0.6 is 0 Å². The Labute approximate surface area is 103 Å². The standard InChI is InChI=1S/C13H24N2O2/c16-12-2-1-9-15(10-12)13(17)4-3-11-5-7-14-8-6-11/h11-12,14,16H,1-10H2. The first kappa shape index (κ1) is 12.8. The number of hydrogen-bond donors (Lipinski definition) is 2. The van der Waals surface area contributed by atoms with Gasteiger partial charge >= 0.3 is 0 Å². The Bertz CT molecular complexity index is 252. The minimum atomic E-state index is -0.299. The zero-order chi connectivity index (χ0) is 12.1. The topological polar surface area (TPSA) is 52.6 Å². The summed E-state index contributed by atoms with van der Waals surface area (Å²) in [5.41, 5.74) is 0. The highest BCUT2D eigenvalue weighted by atomic mass is 16.3. The third-order valence-corrected chi connectivity index (χ3v) is 3.97. The average molecular weight is 240 g/mol. The van der Waals surface area contributed by atoms with Crippen molar-refractivity contribution in [3.63, 3.8) is 0 Å². The monoisotopic (exact) mass is 240 g/mol. The molecule has 0 aliphatic carbocycles. The van der Waals surface area contributed by atoms with E-state index >= 15 is 0 Å². The predicted octanol–water partition coefficient (Wildman–Crippen LogP) is 0.749. The van der Waals surface area contributed by atoms with Crippen LogP contribution in [-0.4, -0.2) is 48.2 Å². The number of aliphatic hydroxyl groups excluding tert-OH is 1. The second-order valence-electron chi connectivity index (χ2n) is 5.37. The van der Waals surface area contributed by atoms with Gasteiger partial charge < -0.3 is 15.3 Å². The van der Waals surface area contributed by atoms with E-state index in [9.17, 15) is 9.90 Å². The van der Waals surface area contributed by atoms with Crippen molar-refractivity contribution in [2.45, 2.75) is 44.6 Å². The maximum atomic E-state index is 12.0. The highest BCUT2D eigenvalue weighted by Gasteiger charge is 2.22. The molecule has 0 aromatic heterocycles. The van der Waals surface area contributed by atoms with E-state index in [1.165, 1.54) is 12.8 Å². The first-order valence-corrected chi connectivity index (χ1v) is 6.92. The first-order chi connectivity index (χ1) is 8.25. The predicted molar refractivity (Wildman–Crippen MR) is 66.6 cm³/mol. The number of carbonyl (C=O) groups excluding carboxylic acids is 1. The lowest BCUT2D eigenvalue weighted by Gasteiger charge is -2.31. The molecule has 4 nitrogen and oxygen atoms in total. The Morgan fingerprint density at radius 2 is 2.06 bits per heavy atom. The van der Waals surface area contributed by atoms with E-state index in [1.807, 2.05) is 4.90 Å². The summed E-state index contributed by atoms with van der Waals surface area (Å²) in [6.45, 7) is 3.58. The van der Waals surface area contributed by atoms with E-state index in [0.717, 1.165) is 44.8 Å². The number of carbonyl (C=O) groups is 1. The number of aliphatic hydroxyl groups is 1. The number of likely N-dealkylation sites (tertiary alicyclic amines) is 1. The highest BCUT2D eigenvalue weighted by molar-refractivity contribution is 5.76. The van der Waals surface area contributed by atoms with E-state index in [2.05, 4.69) is 5.32 Å². The Balaban J connectivity index is 1.69. The zero-order valence-corrected chi connectivity index (χ0v) is 10.5. The van der Waals surface area contributed by atoms with Crippen molar-refractivity contribution in [3.8, 4) is 0 Å². The third kappa shape index (κ3) is 3.96. The van der Waals surface area contributed by atoms with Gasteiger partial charge in [-0.25, -0.2) is 0 Å². The zero-order valence-electron chi connectivity index (χ0n) is 10.5. The van der Waals surface area contributed by atoms with Crippen LogP contribution in [0.15, 0.2) is 0 Å². The second-order valence-corrected chi connectivity index (χ2v) is 5.37. The van der Waals surface area contributed by atoms with Crippen LogP contribution in [-0.2, 0) is 4.79 Å². The van der Waals surface area contributed by atoms with Crippen LogP contribution < -0.4 is 5.32 Å². The number of piperidine rings is 2. The minimum absolute atomic E-state index is 0.238. The van der Waals surface area contributed by atoms with E-state index in [4.69, 9.17) is 0 Å². The van der Waals surface area contributed by atoms with Crippen LogP contribution in [0.1, 0.15) is 38.5 Å². The SMILES string of the molecule is O=C(CCC1CCNCC1)N1CCCC(O)C1. The van der Waals surface area contributed by atoms with Crippen LogP contribution in [0.3, 0.4) is 0 Å². The van der Waals surface area contributed by atoms with Crippen molar-refractivity contribution in [2.75, 3.05) is 26.2 Å². The van der Waals surface area contributed by atoms with Crippen LogP contribution in [0.25, 0.3) is 0 Å². The van der Waals surface area contributed by atoms with Gasteiger partial charge in [0.25, 0.3) is 0 Å². The molecule has 98 valence electrons. The number of β-amino-alcohol motifs (C(OH)–C–C–N with tert-alkyl or cyclic N) is 1. The van der Waals surface area contributed by atoms with Crippen molar-refractivity contribution in [3.05, 3.63) is 0 Å². The molecule has 2 heterocycles. The Morgan fingerprint density at radius 3 is 2.76 bits per heavy atom. The lowest BCUT2D eigenvalue weighted by molar-refractivity contribution is -0.134. The van der Waals surface area contributed by atoms with Gasteiger partial charge in [0.1, 0.15) is 0 Å². The second kappa shape index (κ2) is 6.36. The van der Waals surface area contributed by atoms with Crippen molar-refractivity contribution in [1.29, 1.82) is 0 Å². The molecule has 0 saturated carbocycles. The molecule has 2 aliphatic heterocycles. The molecule has 0 spiro atoms. The molecule has 0 aromatic rings. The summed E-state index contributed by atoms with van der Waals surface area (Å²) < 4.78 is 0. The molecule has 2 N–H and O–H groups in total. The van der Waals surface area contributed by atoms with Gasteiger partial charge in [-0.1, -0.05) is 0 Å². The fraction of sp³-hybridized carbons (Fsp3) is 0.923. The Hall–Kier alpha value is -0.610. The summed E-state index contributed by atoms with van der Waals surface area (Å²) in [5, 5.41) is 12.9. The molecule has 2 saturated heterocycles. The molecule has 1 atom stereocenters. The largest absolute Gasteiger partial charge is 0.391 e. The van der Waals surface area contributed by atoms with Gasteiger partial charge in [0.15, 0.2) is 0 Å². The minimum Gasteiger partial charge on any atom is -0.391 e. The lowest BCUT2D eigenvalue weighted by Crippen LogP contribution is -2.42. The molecule has 4 heteroatoms. The van der Waals surface area contributed by atoms with Gasteiger partial charge in [0.05, 0.1) is 6.10 Å². The number of rotatable bonds is 3. The van der Waals surface area contributed by atoms with Crippen LogP contribution in [0.4, 0.5) is 0 Å². The smallest absolute Gasteiger partial charge is 0.222 e. The molecule has 0 bridgehead atoms. The van der Waals surface area contributed by atoms with Crippen molar-refractivity contribution < 1.29 is 9.90 Å². The summed E-state index contributed by atoms with van der Waals surface area (Å²) in [7, 11) is 0. The van der Waals surface area contributed by atoms with Gasteiger partial charge in [-0.3, -0.25) is 4.79 Å². The van der Waals surface area contributed by atoms with Crippen LogP contribution in [0.2, 0.25) is 0 Å². The van der Waals surface area contributed by atoms with Crippen LogP contribution in [0.5, 0.6) is 0 Å². The molecule has 2 fully saturated rings. The Morgan fingerprint density at radius 1 is 1.29 bits per heavy atom. The highest BCUT2D eigenvalue weighted by Crippen LogP contribution is 2.19. The molecule has 2 rings (SSSR count). The van der Waals surface area contributed by atoms with Gasteiger partial charge in [0.2, 0.25) is 5.91 Å². The average Bonchev–Trinajstić information content (AvgIpc) is 2.37. The van der Waals surface area contributed by atoms with E-state index < -0.39 is 0 Å². The van der Waals surface area contributed by atoms with Gasteiger partial charge in [0, 0.05) is 19.5 Å². The summed E-state index contributed by atoms with van der Waals surface area (Å²) in [5.74, 6) is 0.956. The third-order valence-electron chi connectivity index (χ3n) is 3.97. The van der Waals surface area contributed by atoms with Gasteiger partial charge in [-0.15, -0.1) is 0 Å². The first-order valence-electron chi connectivity index (χ1n) is 6.92. The van der Waals surface area contributed by atoms with Crippen molar-refractivity contribution in [1.82, 2.24) is 10.2 Å². The molecule has 17 heavy (non-hydrogen) atoms. The Kier molecular flexibility index (Phi) is 4.80. The van der Waals surface area contributed by atoms with E-state index in [0.29, 0.717) is 13.0 Å². The molecule has 2 aliphatic rings. The molecule has 1 amide bonds. The fourth-order valence-corrected chi connectivity index (χ4v) is 2.84. The fourth-order valence-electron chi connectivity index (χ4n) is 2.84. The van der Waals surface area contributed by atoms with Crippen molar-refractivity contribution >= 4 is 5.91 Å². The molecular formula is C13H24N2O2. The number of hydrogen-bond acceptors (Lipinski definition) is 3. The number of amides is 1. The molecular weight excluding hydrogens is 216 g/mol. The van der Waals surface area contributed by atoms with E-state index in [-0.39, 0.29) is 12.0 Å². The molecule has 0 aromatic carbocycles. The van der Waals surface area contributed by atoms with Gasteiger partial charge in [-0.2, -0.15) is 0 Å². The normalized spacial score (nSPS) is 27.1. The summed E-state index contributed by atoms with van der Waals surface area (Å²) in [6, 6.07) is 0. The maximum Gasteiger partial charge on any atom is 0.222 e. The lowest BCUT2D eigenvalue weighted by atomic mass is 9.93. The number of nitrogens with zero attached hydrogens (tertiary/aromatic N) is 1. The maximum absolute atomic E-state index is 12.0. The van der Waals surface area contributed by atoms with E-state index in [1.54, 1.807) is 0 Å². The quantitative estimate of drug-likeness (QED) is 0.765.